The van der Waals surface area contributed by atoms with Crippen molar-refractivity contribution in [3.05, 3.63) is 29.2 Å². The number of thiazole rings is 1. The molecule has 1 atom stereocenters. The van der Waals surface area contributed by atoms with Gasteiger partial charge in [0.1, 0.15) is 6.04 Å². The Morgan fingerprint density at radius 3 is 3.00 bits per heavy atom. The lowest BCUT2D eigenvalue weighted by atomic mass is 10.2. The number of carbonyl (C=O) groups is 1. The Bertz CT molecular complexity index is 554. The van der Waals surface area contributed by atoms with Gasteiger partial charge in [0.05, 0.1) is 10.2 Å². The van der Waals surface area contributed by atoms with E-state index in [-0.39, 0.29) is 0 Å². The molecule has 0 radical (unpaired) electrons. The van der Waals surface area contributed by atoms with E-state index in [4.69, 9.17) is 5.11 Å². The first-order chi connectivity index (χ1) is 9.20. The molecule has 19 heavy (non-hydrogen) atoms. The quantitative estimate of drug-likeness (QED) is 0.464. The Kier molecular flexibility index (Phi) is 4.69. The van der Waals surface area contributed by atoms with Crippen LogP contribution in [0.3, 0.4) is 0 Å². The number of nitroso groups, excluding NO2 is 1. The van der Waals surface area contributed by atoms with E-state index in [0.29, 0.717) is 17.3 Å². The number of rotatable bonds is 7. The Hall–Kier alpha value is -1.67. The molecule has 0 bridgehead atoms. The number of para-hydroxylation sites is 1. The second kappa shape index (κ2) is 6.48. The summed E-state index contributed by atoms with van der Waals surface area (Å²) in [6.07, 6.45) is 0.307. The first-order valence-corrected chi connectivity index (χ1v) is 7.26. The number of nitrogens with one attached hydrogen (secondary N) is 1. The Balaban J connectivity index is 2.07. The molecule has 1 aromatic heterocycles. The first-order valence-electron chi connectivity index (χ1n) is 5.50. The third-order valence-electron chi connectivity index (χ3n) is 2.44. The van der Waals surface area contributed by atoms with Crippen LogP contribution in [0, 0.1) is 4.91 Å². The van der Waals surface area contributed by atoms with Crippen LogP contribution in [0.4, 0.5) is 5.13 Å². The van der Waals surface area contributed by atoms with Crippen LogP contribution in [0.1, 0.15) is 6.42 Å². The van der Waals surface area contributed by atoms with Crippen molar-refractivity contribution in [1.82, 2.24) is 4.98 Å². The van der Waals surface area contributed by atoms with E-state index in [1.807, 2.05) is 24.3 Å². The highest BCUT2D eigenvalue weighted by Crippen LogP contribution is 2.26. The van der Waals surface area contributed by atoms with E-state index >= 15 is 0 Å². The average molecular weight is 297 g/mol. The third kappa shape index (κ3) is 3.65. The van der Waals surface area contributed by atoms with Gasteiger partial charge in [-0.05, 0) is 18.6 Å². The minimum absolute atomic E-state index is 0.307. The van der Waals surface area contributed by atoms with E-state index in [2.05, 4.69) is 14.9 Å². The van der Waals surface area contributed by atoms with Crippen LogP contribution in [0.25, 0.3) is 10.2 Å². The number of carboxylic acids is 1. The molecule has 1 aromatic carbocycles. The minimum Gasteiger partial charge on any atom is -0.480 e. The van der Waals surface area contributed by atoms with Crippen molar-refractivity contribution in [2.24, 2.45) is 4.58 Å². The van der Waals surface area contributed by atoms with Gasteiger partial charge in [0.25, 0.3) is 0 Å². The number of carboxylic acid groups (broad SMARTS) is 1. The summed E-state index contributed by atoms with van der Waals surface area (Å²) < 4.78 is 3.64. The zero-order chi connectivity index (χ0) is 13.7. The van der Waals surface area contributed by atoms with Gasteiger partial charge in [0.2, 0.25) is 0 Å². The van der Waals surface area contributed by atoms with Gasteiger partial charge in [-0.1, -0.05) is 23.5 Å². The van der Waals surface area contributed by atoms with Gasteiger partial charge < -0.3 is 10.4 Å². The molecule has 1 heterocycles. The van der Waals surface area contributed by atoms with Crippen LogP contribution >= 0.6 is 23.3 Å². The predicted molar refractivity (Wildman–Crippen MR) is 77.5 cm³/mol. The topological polar surface area (TPSA) is 91.7 Å². The van der Waals surface area contributed by atoms with E-state index in [1.165, 1.54) is 11.3 Å². The lowest BCUT2D eigenvalue weighted by Crippen LogP contribution is -2.29. The fourth-order valence-electron chi connectivity index (χ4n) is 1.55. The highest BCUT2D eigenvalue weighted by atomic mass is 32.2. The SMILES string of the molecule is O=NSCC[C@H](Nc1nc2ccccc2s1)C(=O)O. The van der Waals surface area contributed by atoms with Crippen molar-refractivity contribution in [2.75, 3.05) is 11.1 Å². The standard InChI is InChI=1S/C11H11N3O3S2/c15-10(16)8(5-6-18-14-17)13-11-12-7-3-1-2-4-9(7)19-11/h1-4,8H,5-6H2,(H,12,13)(H,15,16)/t8-/m0/s1. The Morgan fingerprint density at radius 2 is 2.32 bits per heavy atom. The first kappa shape index (κ1) is 13.8. The molecule has 6 nitrogen and oxygen atoms in total. The molecule has 0 aliphatic carbocycles. The van der Waals surface area contributed by atoms with Crippen LogP contribution in [0.15, 0.2) is 28.8 Å². The second-order valence-electron chi connectivity index (χ2n) is 3.72. The van der Waals surface area contributed by atoms with E-state index in [0.717, 1.165) is 22.2 Å². The fraction of sp³-hybridized carbons (Fsp3) is 0.273. The van der Waals surface area contributed by atoms with Gasteiger partial charge in [-0.3, -0.25) is 0 Å². The smallest absolute Gasteiger partial charge is 0.326 e. The molecule has 0 saturated heterocycles. The maximum atomic E-state index is 11.1. The fourth-order valence-corrected chi connectivity index (χ4v) is 2.88. The number of anilines is 1. The predicted octanol–water partition coefficient (Wildman–Crippen LogP) is 2.97. The van der Waals surface area contributed by atoms with Gasteiger partial charge >= 0.3 is 5.97 Å². The summed E-state index contributed by atoms with van der Waals surface area (Å²) >= 11 is 2.22. The summed E-state index contributed by atoms with van der Waals surface area (Å²) in [7, 11) is 0. The maximum absolute atomic E-state index is 11.1. The van der Waals surface area contributed by atoms with Crippen LogP contribution < -0.4 is 5.32 Å². The molecular weight excluding hydrogens is 286 g/mol. The van der Waals surface area contributed by atoms with Gasteiger partial charge in [0.15, 0.2) is 5.13 Å². The van der Waals surface area contributed by atoms with Crippen molar-refractivity contribution in [1.29, 1.82) is 0 Å². The summed E-state index contributed by atoms with van der Waals surface area (Å²) in [4.78, 5) is 25.4. The van der Waals surface area contributed by atoms with E-state index in [9.17, 15) is 9.70 Å². The van der Waals surface area contributed by atoms with Crippen molar-refractivity contribution in [2.45, 2.75) is 12.5 Å². The van der Waals surface area contributed by atoms with Gasteiger partial charge in [-0.25, -0.2) is 9.78 Å². The van der Waals surface area contributed by atoms with Crippen LogP contribution in [-0.4, -0.2) is 27.9 Å². The molecule has 2 aromatic rings. The number of aliphatic carboxylic acids is 1. The number of aromatic nitrogens is 1. The summed E-state index contributed by atoms with van der Waals surface area (Å²) in [5, 5.41) is 12.6. The van der Waals surface area contributed by atoms with Crippen LogP contribution in [0.2, 0.25) is 0 Å². The Morgan fingerprint density at radius 1 is 1.53 bits per heavy atom. The molecular formula is C11H11N3O3S2. The summed E-state index contributed by atoms with van der Waals surface area (Å²) in [5.74, 6) is -0.607. The highest BCUT2D eigenvalue weighted by Gasteiger charge is 2.18. The molecule has 0 aliphatic heterocycles. The second-order valence-corrected chi connectivity index (χ2v) is 5.56. The number of hydrogen-bond acceptors (Lipinski definition) is 7. The van der Waals surface area contributed by atoms with Gasteiger partial charge in [-0.15, -0.1) is 4.91 Å². The molecule has 0 saturated carbocycles. The normalized spacial score (nSPS) is 12.2. The number of nitrogens with zero attached hydrogens (tertiary/aromatic N) is 2. The highest BCUT2D eigenvalue weighted by molar-refractivity contribution is 7.97. The Labute approximate surface area is 117 Å². The molecule has 2 rings (SSSR count). The van der Waals surface area contributed by atoms with Crippen LogP contribution in [0.5, 0.6) is 0 Å². The minimum atomic E-state index is -0.967. The zero-order valence-electron chi connectivity index (χ0n) is 9.78. The molecule has 0 amide bonds. The van der Waals surface area contributed by atoms with Gasteiger partial charge in [-0.2, -0.15) is 0 Å². The molecule has 100 valence electrons. The lowest BCUT2D eigenvalue weighted by molar-refractivity contribution is -0.137. The molecule has 0 unspecified atom stereocenters. The maximum Gasteiger partial charge on any atom is 0.326 e. The number of fused-ring (bicyclic) bond motifs is 1. The van der Waals surface area contributed by atoms with Crippen LogP contribution in [-0.2, 0) is 4.79 Å². The third-order valence-corrected chi connectivity index (χ3v) is 3.93. The van der Waals surface area contributed by atoms with E-state index < -0.39 is 12.0 Å². The molecule has 0 spiro atoms. The molecule has 2 N–H and O–H groups in total. The van der Waals surface area contributed by atoms with Crippen molar-refractivity contribution >= 4 is 44.6 Å². The van der Waals surface area contributed by atoms with Crippen molar-refractivity contribution in [3.8, 4) is 0 Å². The van der Waals surface area contributed by atoms with Crippen molar-refractivity contribution < 1.29 is 9.90 Å². The average Bonchev–Trinajstić information content (AvgIpc) is 2.80. The monoisotopic (exact) mass is 297 g/mol. The molecule has 0 fully saturated rings. The molecule has 0 aliphatic rings. The molecule has 8 heteroatoms. The van der Waals surface area contributed by atoms with Gasteiger partial charge in [0, 0.05) is 22.3 Å². The summed E-state index contributed by atoms with van der Waals surface area (Å²) in [6.45, 7) is 0. The zero-order valence-corrected chi connectivity index (χ0v) is 11.4. The number of hydrogen-bond donors (Lipinski definition) is 2. The van der Waals surface area contributed by atoms with E-state index in [1.54, 1.807) is 0 Å². The summed E-state index contributed by atoms with van der Waals surface area (Å²) in [5.41, 5.74) is 0.836. The number of benzene rings is 1. The lowest BCUT2D eigenvalue weighted by Gasteiger charge is -2.11. The largest absolute Gasteiger partial charge is 0.480 e. The van der Waals surface area contributed by atoms with Crippen molar-refractivity contribution in [3.63, 3.8) is 0 Å². The summed E-state index contributed by atoms with van der Waals surface area (Å²) in [6, 6.07) is 6.83.